The summed E-state index contributed by atoms with van der Waals surface area (Å²) in [6.07, 6.45) is 6.69. The number of rotatable bonds is 9. The second-order valence-electron chi connectivity index (χ2n) is 6.87. The van der Waals surface area contributed by atoms with Gasteiger partial charge in [-0.3, -0.25) is 4.79 Å². The molecule has 1 saturated heterocycles. The van der Waals surface area contributed by atoms with Gasteiger partial charge in [0.05, 0.1) is 6.61 Å². The van der Waals surface area contributed by atoms with Crippen LogP contribution in [0.3, 0.4) is 0 Å². The highest BCUT2D eigenvalue weighted by atomic mass is 16.6. The van der Waals surface area contributed by atoms with E-state index >= 15 is 0 Å². The van der Waals surface area contributed by atoms with Crippen molar-refractivity contribution in [1.29, 1.82) is 0 Å². The summed E-state index contributed by atoms with van der Waals surface area (Å²) in [5.41, 5.74) is 1.01. The van der Waals surface area contributed by atoms with E-state index in [1.54, 1.807) is 0 Å². The van der Waals surface area contributed by atoms with Crippen molar-refractivity contribution in [2.45, 2.75) is 58.5 Å². The topological polar surface area (TPSA) is 55.8 Å². The number of ether oxygens (including phenoxy) is 2. The van der Waals surface area contributed by atoms with Crippen LogP contribution in [0.1, 0.15) is 57.4 Å². The molecule has 0 N–H and O–H groups in total. The average Bonchev–Trinajstić information content (AvgIpc) is 2.67. The van der Waals surface area contributed by atoms with Gasteiger partial charge in [0.25, 0.3) is 0 Å². The van der Waals surface area contributed by atoms with Crippen molar-refractivity contribution < 1.29 is 19.1 Å². The van der Waals surface area contributed by atoms with E-state index in [4.69, 9.17) is 9.47 Å². The molecule has 5 nitrogen and oxygen atoms in total. The summed E-state index contributed by atoms with van der Waals surface area (Å²) < 4.78 is 10.3. The van der Waals surface area contributed by atoms with Gasteiger partial charge in [0.15, 0.2) is 0 Å². The second kappa shape index (κ2) is 11.6. The van der Waals surface area contributed by atoms with Crippen LogP contribution in [-0.4, -0.2) is 36.7 Å². The Kier molecular flexibility index (Phi) is 9.01. The molecule has 0 unspecified atom stereocenters. The minimum Gasteiger partial charge on any atom is -0.466 e. The summed E-state index contributed by atoms with van der Waals surface area (Å²) >= 11 is 0. The third-order valence-corrected chi connectivity index (χ3v) is 4.88. The molecule has 0 radical (unpaired) electrons. The maximum Gasteiger partial charge on any atom is 0.410 e. The van der Waals surface area contributed by atoms with Crippen LogP contribution in [0.5, 0.6) is 0 Å². The lowest BCUT2D eigenvalue weighted by Gasteiger charge is -2.31. The Morgan fingerprint density at radius 3 is 2.46 bits per heavy atom. The molecule has 0 bridgehead atoms. The van der Waals surface area contributed by atoms with Crippen LogP contribution in [0.2, 0.25) is 0 Å². The van der Waals surface area contributed by atoms with Crippen molar-refractivity contribution >= 4 is 12.1 Å². The monoisotopic (exact) mass is 361 g/mol. The lowest BCUT2D eigenvalue weighted by atomic mass is 9.91. The first-order valence-electron chi connectivity index (χ1n) is 9.80. The Morgan fingerprint density at radius 1 is 1.04 bits per heavy atom. The number of nitrogens with zero attached hydrogens (tertiary/aromatic N) is 1. The van der Waals surface area contributed by atoms with Gasteiger partial charge in [-0.25, -0.2) is 4.79 Å². The van der Waals surface area contributed by atoms with Gasteiger partial charge in [-0.05, 0) is 37.7 Å². The number of carbonyl (C=O) groups excluding carboxylic acids is 2. The third kappa shape index (κ3) is 7.46. The molecule has 0 aliphatic carbocycles. The predicted molar refractivity (Wildman–Crippen MR) is 101 cm³/mol. The molecular weight excluding hydrogens is 330 g/mol. The normalized spacial score (nSPS) is 14.9. The number of amides is 1. The van der Waals surface area contributed by atoms with Gasteiger partial charge < -0.3 is 14.4 Å². The molecule has 1 fully saturated rings. The molecule has 1 aromatic rings. The largest absolute Gasteiger partial charge is 0.466 e. The number of likely N-dealkylation sites (tertiary alicyclic amines) is 1. The first-order valence-corrected chi connectivity index (χ1v) is 9.80. The van der Waals surface area contributed by atoms with Gasteiger partial charge in [0.1, 0.15) is 6.61 Å². The zero-order valence-electron chi connectivity index (χ0n) is 15.8. The molecule has 0 spiro atoms. The van der Waals surface area contributed by atoms with E-state index in [1.807, 2.05) is 42.2 Å². The van der Waals surface area contributed by atoms with Gasteiger partial charge in [-0.2, -0.15) is 0 Å². The lowest BCUT2D eigenvalue weighted by molar-refractivity contribution is -0.143. The average molecular weight is 361 g/mol. The zero-order valence-corrected chi connectivity index (χ0v) is 15.8. The Balaban J connectivity index is 1.54. The smallest absolute Gasteiger partial charge is 0.410 e. The Hall–Kier alpha value is -2.04. The molecule has 0 aromatic heterocycles. The van der Waals surface area contributed by atoms with Gasteiger partial charge in [-0.15, -0.1) is 0 Å². The van der Waals surface area contributed by atoms with Gasteiger partial charge >= 0.3 is 12.1 Å². The first kappa shape index (κ1) is 20.3. The van der Waals surface area contributed by atoms with Crippen LogP contribution in [0.15, 0.2) is 30.3 Å². The first-order chi connectivity index (χ1) is 12.7. The summed E-state index contributed by atoms with van der Waals surface area (Å²) in [7, 11) is 0. The zero-order chi connectivity index (χ0) is 18.6. The molecule has 1 aromatic carbocycles. The van der Waals surface area contributed by atoms with Crippen molar-refractivity contribution in [3.8, 4) is 0 Å². The summed E-state index contributed by atoms with van der Waals surface area (Å²) in [4.78, 5) is 25.3. The lowest BCUT2D eigenvalue weighted by Crippen LogP contribution is -2.38. The molecule has 5 heteroatoms. The Bertz CT molecular complexity index is 538. The highest BCUT2D eigenvalue weighted by Crippen LogP contribution is 2.23. The van der Waals surface area contributed by atoms with Gasteiger partial charge in [-0.1, -0.05) is 49.6 Å². The van der Waals surface area contributed by atoms with Crippen LogP contribution >= 0.6 is 0 Å². The van der Waals surface area contributed by atoms with E-state index in [9.17, 15) is 9.59 Å². The maximum atomic E-state index is 12.2. The summed E-state index contributed by atoms with van der Waals surface area (Å²) in [5.74, 6) is 0.589. The van der Waals surface area contributed by atoms with Crippen molar-refractivity contribution in [2.24, 2.45) is 5.92 Å². The van der Waals surface area contributed by atoms with Crippen LogP contribution in [-0.2, 0) is 20.9 Å². The standard InChI is InChI=1S/C21H31NO4/c1-2-25-20(23)12-8-4-5-9-18-13-15-22(16-14-18)21(24)26-17-19-10-6-3-7-11-19/h3,6-7,10-11,18H,2,4-5,8-9,12-17H2,1H3. The van der Waals surface area contributed by atoms with Crippen molar-refractivity contribution in [2.75, 3.05) is 19.7 Å². The molecule has 26 heavy (non-hydrogen) atoms. The van der Waals surface area contributed by atoms with E-state index < -0.39 is 0 Å². The Labute approximate surface area is 156 Å². The second-order valence-corrected chi connectivity index (χ2v) is 6.87. The molecule has 144 valence electrons. The number of piperidine rings is 1. The molecule has 1 amide bonds. The van der Waals surface area contributed by atoms with Gasteiger partial charge in [0, 0.05) is 19.5 Å². The summed E-state index contributed by atoms with van der Waals surface area (Å²) in [6.45, 7) is 4.19. The van der Waals surface area contributed by atoms with Crippen LogP contribution < -0.4 is 0 Å². The molecule has 1 heterocycles. The third-order valence-electron chi connectivity index (χ3n) is 4.88. The highest BCUT2D eigenvalue weighted by molar-refractivity contribution is 5.69. The molecular formula is C21H31NO4. The fraction of sp³-hybridized carbons (Fsp3) is 0.619. The predicted octanol–water partition coefficient (Wildman–Crippen LogP) is 4.55. The number of unbranched alkanes of at least 4 members (excludes halogenated alkanes) is 2. The van der Waals surface area contributed by atoms with E-state index in [-0.39, 0.29) is 12.1 Å². The summed E-state index contributed by atoms with van der Waals surface area (Å²) in [6, 6.07) is 9.76. The fourth-order valence-corrected chi connectivity index (χ4v) is 3.33. The van der Waals surface area contributed by atoms with Crippen molar-refractivity contribution in [3.05, 3.63) is 35.9 Å². The van der Waals surface area contributed by atoms with E-state index in [1.165, 1.54) is 6.42 Å². The van der Waals surface area contributed by atoms with Crippen molar-refractivity contribution in [3.63, 3.8) is 0 Å². The van der Waals surface area contributed by atoms with Crippen LogP contribution in [0.25, 0.3) is 0 Å². The highest BCUT2D eigenvalue weighted by Gasteiger charge is 2.23. The van der Waals surface area contributed by atoms with Crippen molar-refractivity contribution in [1.82, 2.24) is 4.90 Å². The number of esters is 1. The van der Waals surface area contributed by atoms with E-state index in [0.29, 0.717) is 25.6 Å². The quantitative estimate of drug-likeness (QED) is 0.478. The minimum atomic E-state index is -0.207. The maximum absolute atomic E-state index is 12.2. The molecule has 0 saturated carbocycles. The Morgan fingerprint density at radius 2 is 1.77 bits per heavy atom. The van der Waals surface area contributed by atoms with Crippen LogP contribution in [0.4, 0.5) is 4.79 Å². The number of carbonyl (C=O) groups is 2. The fourth-order valence-electron chi connectivity index (χ4n) is 3.33. The molecule has 2 rings (SSSR count). The van der Waals surface area contributed by atoms with E-state index in [0.717, 1.165) is 50.8 Å². The number of hydrogen-bond acceptors (Lipinski definition) is 4. The van der Waals surface area contributed by atoms with Gasteiger partial charge in [0.2, 0.25) is 0 Å². The van der Waals surface area contributed by atoms with Crippen LogP contribution in [0, 0.1) is 5.92 Å². The summed E-state index contributed by atoms with van der Waals surface area (Å²) in [5, 5.41) is 0. The SMILES string of the molecule is CCOC(=O)CCCCCC1CCN(C(=O)OCc2ccccc2)CC1. The minimum absolute atomic E-state index is 0.0881. The molecule has 1 aliphatic heterocycles. The number of benzene rings is 1. The molecule has 0 atom stereocenters. The number of hydrogen-bond donors (Lipinski definition) is 0. The molecule has 1 aliphatic rings. The van der Waals surface area contributed by atoms with E-state index in [2.05, 4.69) is 0 Å².